The van der Waals surface area contributed by atoms with Gasteiger partial charge < -0.3 is 10.6 Å². The SMILES string of the molecule is CC(CCc1ccc(F)c(F)c1)NC(=O)C1CCCN1.Cl. The summed E-state index contributed by atoms with van der Waals surface area (Å²) in [6.07, 6.45) is 3.21. The summed E-state index contributed by atoms with van der Waals surface area (Å²) in [5.74, 6) is -1.63. The van der Waals surface area contributed by atoms with Crippen molar-refractivity contribution in [3.05, 3.63) is 35.4 Å². The number of aryl methyl sites for hydroxylation is 1. The van der Waals surface area contributed by atoms with Crippen molar-refractivity contribution < 1.29 is 13.6 Å². The van der Waals surface area contributed by atoms with Crippen LogP contribution < -0.4 is 10.6 Å². The minimum atomic E-state index is -0.831. The maximum Gasteiger partial charge on any atom is 0.237 e. The summed E-state index contributed by atoms with van der Waals surface area (Å²) >= 11 is 0. The summed E-state index contributed by atoms with van der Waals surface area (Å²) in [5.41, 5.74) is 0.740. The number of nitrogens with one attached hydrogen (secondary N) is 2. The van der Waals surface area contributed by atoms with E-state index in [0.717, 1.165) is 31.0 Å². The monoisotopic (exact) mass is 318 g/mol. The molecule has 0 radical (unpaired) electrons. The molecule has 0 aliphatic carbocycles. The van der Waals surface area contributed by atoms with Crippen LogP contribution in [0.3, 0.4) is 0 Å². The number of hydrogen-bond acceptors (Lipinski definition) is 2. The molecule has 0 spiro atoms. The Balaban J connectivity index is 0.00000220. The van der Waals surface area contributed by atoms with E-state index in [9.17, 15) is 13.6 Å². The van der Waals surface area contributed by atoms with E-state index in [2.05, 4.69) is 10.6 Å². The highest BCUT2D eigenvalue weighted by atomic mass is 35.5. The number of benzene rings is 1. The average Bonchev–Trinajstić information content (AvgIpc) is 2.94. The van der Waals surface area contributed by atoms with Crippen molar-refractivity contribution in [1.29, 1.82) is 0 Å². The van der Waals surface area contributed by atoms with Gasteiger partial charge in [0.25, 0.3) is 0 Å². The number of hydrogen-bond donors (Lipinski definition) is 2. The summed E-state index contributed by atoms with van der Waals surface area (Å²) in [5, 5.41) is 6.09. The second-order valence-corrected chi connectivity index (χ2v) is 5.35. The van der Waals surface area contributed by atoms with E-state index in [-0.39, 0.29) is 30.4 Å². The molecule has 1 fully saturated rings. The predicted molar refractivity (Wildman–Crippen MR) is 80.6 cm³/mol. The van der Waals surface area contributed by atoms with Gasteiger partial charge in [-0.1, -0.05) is 6.07 Å². The first-order valence-electron chi connectivity index (χ1n) is 7.04. The zero-order chi connectivity index (χ0) is 14.5. The Morgan fingerprint density at radius 2 is 2.19 bits per heavy atom. The largest absolute Gasteiger partial charge is 0.352 e. The van der Waals surface area contributed by atoms with Gasteiger partial charge >= 0.3 is 0 Å². The lowest BCUT2D eigenvalue weighted by Gasteiger charge is -2.17. The molecular weight excluding hydrogens is 298 g/mol. The molecule has 118 valence electrons. The Bertz CT molecular complexity index is 479. The molecule has 0 bridgehead atoms. The third kappa shape index (κ3) is 5.25. The fraction of sp³-hybridized carbons (Fsp3) is 0.533. The maximum absolute atomic E-state index is 13.1. The van der Waals surface area contributed by atoms with E-state index >= 15 is 0 Å². The molecular formula is C15H21ClF2N2O. The minimum Gasteiger partial charge on any atom is -0.352 e. The normalized spacial score (nSPS) is 18.9. The molecule has 3 nitrogen and oxygen atoms in total. The zero-order valence-corrected chi connectivity index (χ0v) is 12.8. The molecule has 1 saturated heterocycles. The fourth-order valence-corrected chi connectivity index (χ4v) is 2.40. The van der Waals surface area contributed by atoms with E-state index in [1.807, 2.05) is 6.92 Å². The molecule has 0 aromatic heterocycles. The van der Waals surface area contributed by atoms with E-state index in [1.165, 1.54) is 6.07 Å². The number of amides is 1. The Labute approximate surface area is 129 Å². The van der Waals surface area contributed by atoms with Crippen LogP contribution in [-0.4, -0.2) is 24.5 Å². The Kier molecular flexibility index (Phi) is 7.05. The third-order valence-electron chi connectivity index (χ3n) is 3.62. The molecule has 1 amide bonds. The summed E-state index contributed by atoms with van der Waals surface area (Å²) in [7, 11) is 0. The number of carbonyl (C=O) groups is 1. The number of halogens is 3. The topological polar surface area (TPSA) is 41.1 Å². The highest BCUT2D eigenvalue weighted by molar-refractivity contribution is 5.85. The molecule has 1 aliphatic heterocycles. The van der Waals surface area contributed by atoms with Crippen LogP contribution in [0.25, 0.3) is 0 Å². The predicted octanol–water partition coefficient (Wildman–Crippen LogP) is 2.58. The molecule has 6 heteroatoms. The van der Waals surface area contributed by atoms with Gasteiger partial charge in [-0.2, -0.15) is 0 Å². The van der Waals surface area contributed by atoms with Gasteiger partial charge in [0.05, 0.1) is 6.04 Å². The van der Waals surface area contributed by atoms with E-state index in [1.54, 1.807) is 6.07 Å². The van der Waals surface area contributed by atoms with Crippen molar-refractivity contribution in [2.75, 3.05) is 6.54 Å². The molecule has 2 N–H and O–H groups in total. The smallest absolute Gasteiger partial charge is 0.237 e. The molecule has 21 heavy (non-hydrogen) atoms. The number of rotatable bonds is 5. The highest BCUT2D eigenvalue weighted by Gasteiger charge is 2.22. The minimum absolute atomic E-state index is 0. The van der Waals surface area contributed by atoms with Crippen LogP contribution in [-0.2, 0) is 11.2 Å². The van der Waals surface area contributed by atoms with Crippen molar-refractivity contribution in [3.8, 4) is 0 Å². The molecule has 2 unspecified atom stereocenters. The van der Waals surface area contributed by atoms with Gasteiger partial charge in [-0.15, -0.1) is 12.4 Å². The van der Waals surface area contributed by atoms with Crippen LogP contribution in [0.4, 0.5) is 8.78 Å². The zero-order valence-electron chi connectivity index (χ0n) is 12.0. The first-order valence-corrected chi connectivity index (χ1v) is 7.04. The van der Waals surface area contributed by atoms with Crippen LogP contribution in [0.5, 0.6) is 0 Å². The molecule has 2 atom stereocenters. The van der Waals surface area contributed by atoms with Crippen molar-refractivity contribution in [3.63, 3.8) is 0 Å². The quantitative estimate of drug-likeness (QED) is 0.876. The highest BCUT2D eigenvalue weighted by Crippen LogP contribution is 2.12. The molecule has 1 heterocycles. The average molecular weight is 319 g/mol. The third-order valence-corrected chi connectivity index (χ3v) is 3.62. The summed E-state index contributed by atoms with van der Waals surface area (Å²) < 4.78 is 25.9. The molecule has 1 aromatic rings. The fourth-order valence-electron chi connectivity index (χ4n) is 2.40. The van der Waals surface area contributed by atoms with Crippen LogP contribution in [0.2, 0.25) is 0 Å². The van der Waals surface area contributed by atoms with Crippen LogP contribution in [0.1, 0.15) is 31.7 Å². The molecule has 2 rings (SSSR count). The van der Waals surface area contributed by atoms with Gasteiger partial charge in [-0.25, -0.2) is 8.78 Å². The van der Waals surface area contributed by atoms with E-state index in [0.29, 0.717) is 12.8 Å². The van der Waals surface area contributed by atoms with Crippen LogP contribution >= 0.6 is 12.4 Å². The van der Waals surface area contributed by atoms with Crippen LogP contribution in [0, 0.1) is 11.6 Å². The second kappa shape index (κ2) is 8.29. The Morgan fingerprint density at radius 1 is 1.43 bits per heavy atom. The lowest BCUT2D eigenvalue weighted by molar-refractivity contribution is -0.123. The van der Waals surface area contributed by atoms with Crippen molar-refractivity contribution >= 4 is 18.3 Å². The number of carbonyl (C=O) groups excluding carboxylic acids is 1. The van der Waals surface area contributed by atoms with Gasteiger partial charge in [0.1, 0.15) is 0 Å². The van der Waals surface area contributed by atoms with E-state index < -0.39 is 11.6 Å². The Morgan fingerprint density at radius 3 is 2.81 bits per heavy atom. The summed E-state index contributed by atoms with van der Waals surface area (Å²) in [6.45, 7) is 2.81. The first kappa shape index (κ1) is 17.9. The molecule has 1 aliphatic rings. The van der Waals surface area contributed by atoms with E-state index in [4.69, 9.17) is 0 Å². The Hall–Kier alpha value is -1.20. The van der Waals surface area contributed by atoms with Gasteiger partial charge in [0, 0.05) is 6.04 Å². The van der Waals surface area contributed by atoms with Gasteiger partial charge in [-0.05, 0) is 56.8 Å². The van der Waals surface area contributed by atoms with Crippen molar-refractivity contribution in [1.82, 2.24) is 10.6 Å². The summed E-state index contributed by atoms with van der Waals surface area (Å²) in [6, 6.07) is 3.85. The molecule has 1 aromatic carbocycles. The van der Waals surface area contributed by atoms with Gasteiger partial charge in [0.2, 0.25) is 5.91 Å². The first-order chi connectivity index (χ1) is 9.56. The molecule has 0 saturated carbocycles. The van der Waals surface area contributed by atoms with Crippen LogP contribution in [0.15, 0.2) is 18.2 Å². The lowest BCUT2D eigenvalue weighted by atomic mass is 10.1. The van der Waals surface area contributed by atoms with Gasteiger partial charge in [0.15, 0.2) is 11.6 Å². The lowest BCUT2D eigenvalue weighted by Crippen LogP contribution is -2.44. The maximum atomic E-state index is 13.1. The standard InChI is InChI=1S/C15H20F2N2O.ClH/c1-10(19-15(20)14-3-2-8-18-14)4-5-11-6-7-12(16)13(17)9-11;/h6-7,9-10,14,18H,2-5,8H2,1H3,(H,19,20);1H. The van der Waals surface area contributed by atoms with Gasteiger partial charge in [-0.3, -0.25) is 4.79 Å². The van der Waals surface area contributed by atoms with Crippen molar-refractivity contribution in [2.45, 2.75) is 44.7 Å². The van der Waals surface area contributed by atoms with Crippen molar-refractivity contribution in [2.24, 2.45) is 0 Å². The second-order valence-electron chi connectivity index (χ2n) is 5.35. The summed E-state index contributed by atoms with van der Waals surface area (Å²) in [4.78, 5) is 11.9.